The van der Waals surface area contributed by atoms with Crippen LogP contribution in [0.25, 0.3) is 0 Å². The lowest BCUT2D eigenvalue weighted by molar-refractivity contribution is 0.205. The third kappa shape index (κ3) is 4.13. The van der Waals surface area contributed by atoms with E-state index in [1.807, 2.05) is 13.0 Å². The predicted molar refractivity (Wildman–Crippen MR) is 64.7 cm³/mol. The van der Waals surface area contributed by atoms with Crippen molar-refractivity contribution in [3.8, 4) is 0 Å². The van der Waals surface area contributed by atoms with Gasteiger partial charge >= 0.3 is 0 Å². The normalized spacial score (nSPS) is 10.3. The zero-order valence-corrected chi connectivity index (χ0v) is 10.7. The van der Waals surface area contributed by atoms with Crippen LogP contribution in [0, 0.1) is 6.92 Å². The predicted octanol–water partition coefficient (Wildman–Crippen LogP) is 1.63. The first-order valence-corrected chi connectivity index (χ1v) is 5.99. The molecule has 15 heavy (non-hydrogen) atoms. The molecule has 0 unspecified atom stereocenters. The van der Waals surface area contributed by atoms with Gasteiger partial charge in [0.1, 0.15) is 11.6 Å². The second-order valence-corrected chi connectivity index (χ2v) is 3.92. The lowest BCUT2D eigenvalue weighted by Gasteiger charge is -2.22. The van der Waals surface area contributed by atoms with E-state index in [4.69, 9.17) is 4.74 Å². The summed E-state index contributed by atoms with van der Waals surface area (Å²) in [5.41, 5.74) is 0. The number of alkyl halides is 1. The number of anilines is 1. The highest BCUT2D eigenvalue weighted by atomic mass is 79.9. The van der Waals surface area contributed by atoms with E-state index in [1.54, 1.807) is 13.3 Å². The molecule has 0 amide bonds. The average Bonchev–Trinajstić information content (AvgIpc) is 2.24. The number of aryl methyl sites for hydroxylation is 1. The van der Waals surface area contributed by atoms with Crippen LogP contribution in [0.2, 0.25) is 0 Å². The van der Waals surface area contributed by atoms with Gasteiger partial charge < -0.3 is 9.64 Å². The molecule has 1 aromatic rings. The van der Waals surface area contributed by atoms with Gasteiger partial charge in [-0.05, 0) is 13.0 Å². The van der Waals surface area contributed by atoms with Crippen molar-refractivity contribution in [1.29, 1.82) is 0 Å². The van der Waals surface area contributed by atoms with Gasteiger partial charge in [-0.2, -0.15) is 0 Å². The first kappa shape index (κ1) is 12.4. The van der Waals surface area contributed by atoms with E-state index in [1.165, 1.54) is 0 Å². The number of hydrogen-bond donors (Lipinski definition) is 0. The Morgan fingerprint density at radius 1 is 1.47 bits per heavy atom. The Bertz CT molecular complexity index is 296. The lowest BCUT2D eigenvalue weighted by atomic mass is 10.4. The third-order valence-electron chi connectivity index (χ3n) is 2.01. The van der Waals surface area contributed by atoms with E-state index in [0.29, 0.717) is 6.61 Å². The van der Waals surface area contributed by atoms with Crippen molar-refractivity contribution in [1.82, 2.24) is 9.97 Å². The lowest BCUT2D eigenvalue weighted by Crippen LogP contribution is -2.30. The van der Waals surface area contributed by atoms with Gasteiger partial charge in [0, 0.05) is 31.7 Å². The number of methoxy groups -OCH3 is 1. The van der Waals surface area contributed by atoms with Crippen molar-refractivity contribution in [2.75, 3.05) is 37.0 Å². The molecule has 0 aliphatic heterocycles. The Morgan fingerprint density at radius 3 is 2.87 bits per heavy atom. The van der Waals surface area contributed by atoms with Gasteiger partial charge in [-0.25, -0.2) is 9.97 Å². The van der Waals surface area contributed by atoms with Crippen molar-refractivity contribution >= 4 is 21.7 Å². The summed E-state index contributed by atoms with van der Waals surface area (Å²) in [6.45, 7) is 4.36. The summed E-state index contributed by atoms with van der Waals surface area (Å²) >= 11 is 3.43. The SMILES string of the molecule is COCCN(CCBr)c1ccnc(C)n1. The van der Waals surface area contributed by atoms with Gasteiger partial charge in [0.2, 0.25) is 0 Å². The highest BCUT2D eigenvalue weighted by Crippen LogP contribution is 2.09. The summed E-state index contributed by atoms with van der Waals surface area (Å²) in [6.07, 6.45) is 1.78. The Hall–Kier alpha value is -0.680. The molecule has 0 radical (unpaired) electrons. The van der Waals surface area contributed by atoms with Gasteiger partial charge in [0.25, 0.3) is 0 Å². The van der Waals surface area contributed by atoms with Gasteiger partial charge in [-0.1, -0.05) is 15.9 Å². The first-order chi connectivity index (χ1) is 7.27. The van der Waals surface area contributed by atoms with Crippen molar-refractivity contribution in [3.63, 3.8) is 0 Å². The summed E-state index contributed by atoms with van der Waals surface area (Å²) in [5.74, 6) is 1.75. The number of hydrogen-bond acceptors (Lipinski definition) is 4. The number of ether oxygens (including phenoxy) is 1. The van der Waals surface area contributed by atoms with Crippen LogP contribution in [0.3, 0.4) is 0 Å². The minimum absolute atomic E-state index is 0.704. The number of halogens is 1. The Kier molecular flexibility index (Phi) is 5.57. The minimum Gasteiger partial charge on any atom is -0.383 e. The maximum atomic E-state index is 5.07. The fourth-order valence-corrected chi connectivity index (χ4v) is 1.69. The van der Waals surface area contributed by atoms with Crippen LogP contribution in [0.4, 0.5) is 5.82 Å². The average molecular weight is 274 g/mol. The molecular formula is C10H16BrN3O. The van der Waals surface area contributed by atoms with E-state index < -0.39 is 0 Å². The standard InChI is InChI=1S/C10H16BrN3O/c1-9-12-5-3-10(13-9)14(6-4-11)7-8-15-2/h3,5H,4,6-8H2,1-2H3. The molecule has 0 aromatic carbocycles. The highest BCUT2D eigenvalue weighted by Gasteiger charge is 2.06. The quantitative estimate of drug-likeness (QED) is 0.739. The number of rotatable bonds is 6. The van der Waals surface area contributed by atoms with E-state index in [0.717, 1.165) is 30.1 Å². The molecule has 0 saturated carbocycles. The summed E-state index contributed by atoms with van der Waals surface area (Å²) in [4.78, 5) is 10.6. The summed E-state index contributed by atoms with van der Waals surface area (Å²) in [6, 6.07) is 1.92. The van der Waals surface area contributed by atoms with Gasteiger partial charge in [-0.3, -0.25) is 0 Å². The molecule has 1 aromatic heterocycles. The first-order valence-electron chi connectivity index (χ1n) is 4.87. The largest absolute Gasteiger partial charge is 0.383 e. The molecule has 0 spiro atoms. The van der Waals surface area contributed by atoms with E-state index in [9.17, 15) is 0 Å². The molecular weight excluding hydrogens is 258 g/mol. The van der Waals surface area contributed by atoms with Gasteiger partial charge in [0.15, 0.2) is 0 Å². The zero-order chi connectivity index (χ0) is 11.1. The molecule has 0 fully saturated rings. The second-order valence-electron chi connectivity index (χ2n) is 3.13. The van der Waals surface area contributed by atoms with E-state index in [-0.39, 0.29) is 0 Å². The van der Waals surface area contributed by atoms with E-state index in [2.05, 4.69) is 30.8 Å². The Labute approximate surface area is 98.8 Å². The molecule has 0 atom stereocenters. The highest BCUT2D eigenvalue weighted by molar-refractivity contribution is 9.09. The minimum atomic E-state index is 0.704. The summed E-state index contributed by atoms with van der Waals surface area (Å²) in [5, 5.41) is 0.916. The van der Waals surface area contributed by atoms with Crippen LogP contribution < -0.4 is 4.90 Å². The summed E-state index contributed by atoms with van der Waals surface area (Å²) < 4.78 is 5.07. The van der Waals surface area contributed by atoms with Crippen LogP contribution in [-0.2, 0) is 4.74 Å². The molecule has 1 rings (SSSR count). The topological polar surface area (TPSA) is 38.2 Å². The summed E-state index contributed by atoms with van der Waals surface area (Å²) in [7, 11) is 1.71. The van der Waals surface area contributed by atoms with Gasteiger partial charge in [-0.15, -0.1) is 0 Å². The molecule has 0 N–H and O–H groups in total. The molecule has 0 aliphatic carbocycles. The van der Waals surface area contributed by atoms with Crippen molar-refractivity contribution in [3.05, 3.63) is 18.1 Å². The fourth-order valence-electron chi connectivity index (χ4n) is 1.26. The van der Waals surface area contributed by atoms with Crippen molar-refractivity contribution < 1.29 is 4.74 Å². The van der Waals surface area contributed by atoms with E-state index >= 15 is 0 Å². The van der Waals surface area contributed by atoms with Crippen LogP contribution in [0.15, 0.2) is 12.3 Å². The smallest absolute Gasteiger partial charge is 0.132 e. The monoisotopic (exact) mass is 273 g/mol. The molecule has 4 nitrogen and oxygen atoms in total. The fraction of sp³-hybridized carbons (Fsp3) is 0.600. The maximum absolute atomic E-state index is 5.07. The Balaban J connectivity index is 2.69. The molecule has 0 bridgehead atoms. The Morgan fingerprint density at radius 2 is 2.27 bits per heavy atom. The van der Waals surface area contributed by atoms with Crippen LogP contribution in [0.1, 0.15) is 5.82 Å². The second kappa shape index (κ2) is 6.74. The maximum Gasteiger partial charge on any atom is 0.132 e. The molecule has 5 heteroatoms. The number of nitrogens with zero attached hydrogens (tertiary/aromatic N) is 3. The zero-order valence-electron chi connectivity index (χ0n) is 9.11. The molecule has 0 aliphatic rings. The van der Waals surface area contributed by atoms with Gasteiger partial charge in [0.05, 0.1) is 6.61 Å². The van der Waals surface area contributed by atoms with Crippen LogP contribution in [0.5, 0.6) is 0 Å². The molecule has 1 heterocycles. The molecule has 84 valence electrons. The van der Waals surface area contributed by atoms with Crippen LogP contribution in [-0.4, -0.2) is 42.1 Å². The molecule has 0 saturated heterocycles. The number of aromatic nitrogens is 2. The van der Waals surface area contributed by atoms with Crippen molar-refractivity contribution in [2.45, 2.75) is 6.92 Å². The van der Waals surface area contributed by atoms with Crippen LogP contribution >= 0.6 is 15.9 Å². The van der Waals surface area contributed by atoms with Crippen molar-refractivity contribution in [2.24, 2.45) is 0 Å². The third-order valence-corrected chi connectivity index (χ3v) is 2.36.